The summed E-state index contributed by atoms with van der Waals surface area (Å²) in [4.78, 5) is 33.2. The number of nitrogens with one attached hydrogen (secondary N) is 1. The van der Waals surface area contributed by atoms with Crippen LogP contribution in [0, 0.1) is 0 Å². The third-order valence-corrected chi connectivity index (χ3v) is 5.35. The topological polar surface area (TPSA) is 95.0 Å². The smallest absolute Gasteiger partial charge is 0.410 e. The monoisotopic (exact) mass is 440 g/mol. The Kier molecular flexibility index (Phi) is 7.69. The number of piperidine rings is 1. The molecule has 3 amide bonds. The number of aliphatic hydroxyl groups is 1. The third-order valence-electron chi connectivity index (χ3n) is 5.35. The molecule has 1 aromatic heterocycles. The molecule has 3 rings (SSSR count). The van der Waals surface area contributed by atoms with E-state index in [1.54, 1.807) is 34.3 Å². The molecule has 0 aliphatic carbocycles. The molecule has 0 radical (unpaired) electrons. The number of rotatable bonds is 5. The molecule has 0 bridgehead atoms. The molecule has 1 saturated heterocycles. The number of urea groups is 1. The number of aliphatic hydroxyl groups excluding tert-OH is 1. The molecule has 1 aromatic carbocycles. The largest absolute Gasteiger partial charge is 0.444 e. The minimum Gasteiger partial charge on any atom is -0.444 e. The summed E-state index contributed by atoms with van der Waals surface area (Å²) in [6.45, 7) is 6.26. The summed E-state index contributed by atoms with van der Waals surface area (Å²) in [5, 5.41) is 13.1. The number of nitrogens with zero attached hydrogens (tertiary/aromatic N) is 3. The van der Waals surface area contributed by atoms with Crippen molar-refractivity contribution in [3.63, 3.8) is 0 Å². The minimum absolute atomic E-state index is 0.150. The lowest BCUT2D eigenvalue weighted by molar-refractivity contribution is 0.0131. The van der Waals surface area contributed by atoms with Gasteiger partial charge in [0.2, 0.25) is 0 Å². The van der Waals surface area contributed by atoms with Crippen molar-refractivity contribution < 1.29 is 19.4 Å². The van der Waals surface area contributed by atoms with Gasteiger partial charge in [-0.25, -0.2) is 9.59 Å². The highest BCUT2D eigenvalue weighted by Crippen LogP contribution is 2.29. The zero-order valence-electron chi connectivity index (χ0n) is 18.9. The van der Waals surface area contributed by atoms with Gasteiger partial charge in [0.15, 0.2) is 0 Å². The number of amides is 3. The first kappa shape index (κ1) is 23.5. The van der Waals surface area contributed by atoms with E-state index in [1.807, 2.05) is 51.1 Å². The fraction of sp³-hybridized carbons (Fsp3) is 0.458. The van der Waals surface area contributed by atoms with Gasteiger partial charge in [0.1, 0.15) is 5.60 Å². The van der Waals surface area contributed by atoms with Gasteiger partial charge in [-0.05, 0) is 51.3 Å². The van der Waals surface area contributed by atoms with Crippen molar-refractivity contribution in [2.24, 2.45) is 0 Å². The van der Waals surface area contributed by atoms with Crippen molar-refractivity contribution in [3.8, 4) is 0 Å². The summed E-state index contributed by atoms with van der Waals surface area (Å²) >= 11 is 0. The molecular formula is C24H32N4O4. The molecular weight excluding hydrogens is 408 g/mol. The number of carbonyl (C=O) groups excluding carboxylic acids is 2. The Morgan fingerprint density at radius 2 is 1.88 bits per heavy atom. The Morgan fingerprint density at radius 3 is 2.44 bits per heavy atom. The predicted molar refractivity (Wildman–Crippen MR) is 122 cm³/mol. The first-order valence-corrected chi connectivity index (χ1v) is 10.9. The second-order valence-electron chi connectivity index (χ2n) is 8.89. The van der Waals surface area contributed by atoms with Crippen LogP contribution in [0.1, 0.15) is 45.2 Å². The number of hydrogen-bond acceptors (Lipinski definition) is 5. The van der Waals surface area contributed by atoms with Crippen molar-refractivity contribution in [1.82, 2.24) is 14.8 Å². The lowest BCUT2D eigenvalue weighted by Gasteiger charge is -2.42. The van der Waals surface area contributed by atoms with Crippen molar-refractivity contribution in [1.29, 1.82) is 0 Å². The SMILES string of the molecule is CC(C)(C)OC(=O)N1CCC(N(C(=O)Nc2cccnc2)C(CO)c2ccccc2)CC1. The summed E-state index contributed by atoms with van der Waals surface area (Å²) < 4.78 is 5.48. The van der Waals surface area contributed by atoms with E-state index < -0.39 is 11.6 Å². The maximum atomic E-state index is 13.4. The second kappa shape index (κ2) is 10.5. The van der Waals surface area contributed by atoms with Gasteiger partial charge < -0.3 is 25.0 Å². The highest BCUT2D eigenvalue weighted by atomic mass is 16.6. The molecule has 1 aliphatic heterocycles. The number of anilines is 1. The normalized spacial score (nSPS) is 15.7. The number of pyridine rings is 1. The van der Waals surface area contributed by atoms with Gasteiger partial charge in [-0.3, -0.25) is 4.98 Å². The summed E-state index contributed by atoms with van der Waals surface area (Å²) in [5.41, 5.74) is 0.878. The zero-order chi connectivity index (χ0) is 23.1. The van der Waals surface area contributed by atoms with Crippen LogP contribution in [0.4, 0.5) is 15.3 Å². The van der Waals surface area contributed by atoms with E-state index in [9.17, 15) is 14.7 Å². The number of aromatic nitrogens is 1. The van der Waals surface area contributed by atoms with E-state index in [4.69, 9.17) is 4.74 Å². The number of likely N-dealkylation sites (tertiary alicyclic amines) is 1. The average molecular weight is 441 g/mol. The van der Waals surface area contributed by atoms with Crippen LogP contribution < -0.4 is 5.32 Å². The lowest BCUT2D eigenvalue weighted by Crippen LogP contribution is -2.52. The van der Waals surface area contributed by atoms with Crippen molar-refractivity contribution in [3.05, 3.63) is 60.4 Å². The van der Waals surface area contributed by atoms with Crippen molar-refractivity contribution in [2.45, 2.75) is 51.3 Å². The quantitative estimate of drug-likeness (QED) is 0.731. The third kappa shape index (κ3) is 6.20. The molecule has 8 nitrogen and oxygen atoms in total. The van der Waals surface area contributed by atoms with Gasteiger partial charge in [0.25, 0.3) is 0 Å². The van der Waals surface area contributed by atoms with Crippen LogP contribution in [-0.2, 0) is 4.74 Å². The van der Waals surface area contributed by atoms with Crippen molar-refractivity contribution >= 4 is 17.8 Å². The molecule has 32 heavy (non-hydrogen) atoms. The van der Waals surface area contributed by atoms with Crippen LogP contribution in [0.5, 0.6) is 0 Å². The van der Waals surface area contributed by atoms with Gasteiger partial charge >= 0.3 is 12.1 Å². The molecule has 1 unspecified atom stereocenters. The van der Waals surface area contributed by atoms with Gasteiger partial charge in [-0.15, -0.1) is 0 Å². The van der Waals surface area contributed by atoms with E-state index in [-0.39, 0.29) is 24.8 Å². The maximum Gasteiger partial charge on any atom is 0.410 e. The molecule has 2 N–H and O–H groups in total. The Labute approximate surface area is 189 Å². The van der Waals surface area contributed by atoms with Crippen LogP contribution in [0.2, 0.25) is 0 Å². The van der Waals surface area contributed by atoms with Crippen LogP contribution >= 0.6 is 0 Å². The van der Waals surface area contributed by atoms with E-state index in [1.165, 1.54) is 0 Å². The highest BCUT2D eigenvalue weighted by molar-refractivity contribution is 5.89. The van der Waals surface area contributed by atoms with E-state index in [0.29, 0.717) is 31.6 Å². The number of hydrogen-bond donors (Lipinski definition) is 2. The average Bonchev–Trinajstić information content (AvgIpc) is 2.77. The van der Waals surface area contributed by atoms with E-state index >= 15 is 0 Å². The first-order valence-electron chi connectivity index (χ1n) is 10.9. The second-order valence-corrected chi connectivity index (χ2v) is 8.89. The summed E-state index contributed by atoms with van der Waals surface area (Å²) in [5.74, 6) is 0. The van der Waals surface area contributed by atoms with Crippen LogP contribution in [-0.4, -0.2) is 63.4 Å². The molecule has 1 atom stereocenters. The van der Waals surface area contributed by atoms with Gasteiger partial charge in [-0.2, -0.15) is 0 Å². The van der Waals surface area contributed by atoms with Crippen molar-refractivity contribution in [2.75, 3.05) is 25.0 Å². The Bertz CT molecular complexity index is 878. The molecule has 0 spiro atoms. The minimum atomic E-state index is -0.557. The van der Waals surface area contributed by atoms with Crippen LogP contribution in [0.3, 0.4) is 0 Å². The standard InChI is InChI=1S/C24H32N4O4/c1-24(2,3)32-23(31)27-14-11-20(12-15-27)28(21(17-29)18-8-5-4-6-9-18)22(30)26-19-10-7-13-25-16-19/h4-10,13,16,20-21,29H,11-12,14-15,17H2,1-3H3,(H,26,30). The lowest BCUT2D eigenvalue weighted by atomic mass is 9.98. The Balaban J connectivity index is 1.78. The molecule has 172 valence electrons. The predicted octanol–water partition coefficient (Wildman–Crippen LogP) is 4.05. The molecule has 0 saturated carbocycles. The van der Waals surface area contributed by atoms with E-state index in [0.717, 1.165) is 5.56 Å². The molecule has 2 heterocycles. The fourth-order valence-electron chi connectivity index (χ4n) is 3.87. The Morgan fingerprint density at radius 1 is 1.19 bits per heavy atom. The number of benzene rings is 1. The zero-order valence-corrected chi connectivity index (χ0v) is 18.9. The van der Waals surface area contributed by atoms with Gasteiger partial charge in [-0.1, -0.05) is 30.3 Å². The van der Waals surface area contributed by atoms with Gasteiger partial charge in [0.05, 0.1) is 24.5 Å². The highest BCUT2D eigenvalue weighted by Gasteiger charge is 2.35. The molecule has 1 fully saturated rings. The summed E-state index contributed by atoms with van der Waals surface area (Å²) in [6, 6.07) is 12.0. The molecule has 8 heteroatoms. The van der Waals surface area contributed by atoms with Crippen LogP contribution in [0.25, 0.3) is 0 Å². The Hall–Kier alpha value is -3.13. The summed E-state index contributed by atoms with van der Waals surface area (Å²) in [6.07, 6.45) is 4.05. The first-order chi connectivity index (χ1) is 15.3. The number of carbonyl (C=O) groups is 2. The number of ether oxygens (including phenoxy) is 1. The van der Waals surface area contributed by atoms with Gasteiger partial charge in [0, 0.05) is 25.3 Å². The molecule has 2 aromatic rings. The van der Waals surface area contributed by atoms with E-state index in [2.05, 4.69) is 10.3 Å². The fourth-order valence-corrected chi connectivity index (χ4v) is 3.87. The summed E-state index contributed by atoms with van der Waals surface area (Å²) in [7, 11) is 0. The van der Waals surface area contributed by atoms with Crippen LogP contribution in [0.15, 0.2) is 54.9 Å². The molecule has 1 aliphatic rings. The maximum absolute atomic E-state index is 13.4.